The van der Waals surface area contributed by atoms with E-state index >= 15 is 0 Å². The summed E-state index contributed by atoms with van der Waals surface area (Å²) in [6, 6.07) is 1.46. The Morgan fingerprint density at radius 2 is 2.20 bits per heavy atom. The van der Waals surface area contributed by atoms with Crippen molar-refractivity contribution >= 4 is 27.0 Å². The fourth-order valence-electron chi connectivity index (χ4n) is 0.946. The van der Waals surface area contributed by atoms with Crippen LogP contribution in [0, 0.1) is 0 Å². The maximum Gasteiger partial charge on any atom is 0.250 e. The van der Waals surface area contributed by atoms with E-state index in [4.69, 9.17) is 5.73 Å². The van der Waals surface area contributed by atoms with Crippen LogP contribution in [-0.2, 0) is 10.0 Å². The van der Waals surface area contributed by atoms with E-state index in [1.54, 1.807) is 5.38 Å². The van der Waals surface area contributed by atoms with Gasteiger partial charge in [-0.25, -0.2) is 13.1 Å². The second-order valence-electron chi connectivity index (χ2n) is 3.40. The Labute approximate surface area is 93.9 Å². The van der Waals surface area contributed by atoms with Gasteiger partial charge in [0.1, 0.15) is 4.21 Å². The molecule has 0 spiro atoms. The molecule has 15 heavy (non-hydrogen) atoms. The first kappa shape index (κ1) is 12.4. The number of nitrogen functional groups attached to an aromatic ring is 1. The molecule has 1 aromatic heterocycles. The summed E-state index contributed by atoms with van der Waals surface area (Å²) in [5, 5.41) is 1.61. The molecule has 1 rings (SSSR count). The molecule has 5 nitrogen and oxygen atoms in total. The van der Waals surface area contributed by atoms with E-state index in [-0.39, 0.29) is 4.21 Å². The lowest BCUT2D eigenvalue weighted by atomic mass is 10.6. The third kappa shape index (κ3) is 3.78. The molecule has 1 heterocycles. The van der Waals surface area contributed by atoms with Crippen LogP contribution in [0.1, 0.15) is 0 Å². The minimum Gasteiger partial charge on any atom is -0.398 e. The summed E-state index contributed by atoms with van der Waals surface area (Å²) in [5.74, 6) is 0. The van der Waals surface area contributed by atoms with Crippen LogP contribution in [0.3, 0.4) is 0 Å². The number of thiophene rings is 1. The first-order valence-electron chi connectivity index (χ1n) is 4.40. The fourth-order valence-corrected chi connectivity index (χ4v) is 3.09. The number of rotatable bonds is 5. The van der Waals surface area contributed by atoms with E-state index in [2.05, 4.69) is 4.72 Å². The van der Waals surface area contributed by atoms with Crippen molar-refractivity contribution in [2.75, 3.05) is 32.9 Å². The van der Waals surface area contributed by atoms with Gasteiger partial charge < -0.3 is 10.6 Å². The van der Waals surface area contributed by atoms with Crippen molar-refractivity contribution in [2.45, 2.75) is 4.21 Å². The Hall–Kier alpha value is -0.630. The summed E-state index contributed by atoms with van der Waals surface area (Å²) in [6.45, 7) is 1.06. The highest BCUT2D eigenvalue weighted by molar-refractivity contribution is 7.91. The molecule has 0 fully saturated rings. The van der Waals surface area contributed by atoms with E-state index in [9.17, 15) is 8.42 Å². The van der Waals surface area contributed by atoms with E-state index in [0.29, 0.717) is 18.8 Å². The zero-order valence-corrected chi connectivity index (χ0v) is 10.4. The number of nitrogens with one attached hydrogen (secondary N) is 1. The topological polar surface area (TPSA) is 75.4 Å². The highest BCUT2D eigenvalue weighted by Crippen LogP contribution is 2.20. The average molecular weight is 249 g/mol. The van der Waals surface area contributed by atoms with Gasteiger partial charge in [0, 0.05) is 24.2 Å². The second kappa shape index (κ2) is 4.93. The van der Waals surface area contributed by atoms with Crippen LogP contribution in [-0.4, -0.2) is 40.5 Å². The number of nitrogens with zero attached hydrogens (tertiary/aromatic N) is 1. The number of nitrogens with two attached hydrogens (primary N) is 1. The Morgan fingerprint density at radius 3 is 2.67 bits per heavy atom. The molecule has 0 aliphatic carbocycles. The first-order chi connectivity index (χ1) is 6.92. The zero-order chi connectivity index (χ0) is 11.5. The molecule has 0 aromatic carbocycles. The van der Waals surface area contributed by atoms with Gasteiger partial charge in [-0.1, -0.05) is 0 Å². The highest BCUT2D eigenvalue weighted by Gasteiger charge is 2.15. The molecule has 0 radical (unpaired) electrons. The number of likely N-dealkylation sites (N-methyl/N-ethyl adjacent to an activating group) is 1. The van der Waals surface area contributed by atoms with Crippen molar-refractivity contribution in [3.8, 4) is 0 Å². The Balaban J connectivity index is 2.60. The Morgan fingerprint density at radius 1 is 1.53 bits per heavy atom. The normalized spacial score (nSPS) is 12.2. The zero-order valence-electron chi connectivity index (χ0n) is 8.73. The van der Waals surface area contributed by atoms with Gasteiger partial charge in [0.25, 0.3) is 0 Å². The largest absolute Gasteiger partial charge is 0.398 e. The number of hydrogen-bond acceptors (Lipinski definition) is 5. The third-order valence-corrected chi connectivity index (χ3v) is 4.63. The maximum absolute atomic E-state index is 11.7. The van der Waals surface area contributed by atoms with Gasteiger partial charge in [0.05, 0.1) is 0 Å². The van der Waals surface area contributed by atoms with Crippen LogP contribution in [0.25, 0.3) is 0 Å². The van der Waals surface area contributed by atoms with Gasteiger partial charge in [-0.2, -0.15) is 0 Å². The molecule has 3 N–H and O–H groups in total. The van der Waals surface area contributed by atoms with E-state index in [0.717, 1.165) is 11.3 Å². The predicted molar refractivity (Wildman–Crippen MR) is 62.5 cm³/mol. The summed E-state index contributed by atoms with van der Waals surface area (Å²) >= 11 is 1.13. The predicted octanol–water partition coefficient (Wildman–Crippen LogP) is 0.170. The van der Waals surface area contributed by atoms with Crippen molar-refractivity contribution in [1.29, 1.82) is 0 Å². The monoisotopic (exact) mass is 249 g/mol. The smallest absolute Gasteiger partial charge is 0.250 e. The van der Waals surface area contributed by atoms with Crippen LogP contribution in [0.5, 0.6) is 0 Å². The van der Waals surface area contributed by atoms with Crippen LogP contribution >= 0.6 is 11.3 Å². The molecule has 0 aliphatic rings. The summed E-state index contributed by atoms with van der Waals surface area (Å²) in [6.07, 6.45) is 0. The lowest BCUT2D eigenvalue weighted by Crippen LogP contribution is -2.30. The van der Waals surface area contributed by atoms with Gasteiger partial charge in [0.2, 0.25) is 10.0 Å². The van der Waals surface area contributed by atoms with Crippen LogP contribution in [0.2, 0.25) is 0 Å². The Kier molecular flexibility index (Phi) is 4.09. The lowest BCUT2D eigenvalue weighted by molar-refractivity contribution is 0.412. The molecular formula is C8H15N3O2S2. The average Bonchev–Trinajstić information content (AvgIpc) is 2.51. The molecule has 0 saturated carbocycles. The van der Waals surface area contributed by atoms with Gasteiger partial charge >= 0.3 is 0 Å². The summed E-state index contributed by atoms with van der Waals surface area (Å²) in [7, 11) is 0.399. The first-order valence-corrected chi connectivity index (χ1v) is 6.76. The van der Waals surface area contributed by atoms with E-state index in [1.165, 1.54) is 6.07 Å². The van der Waals surface area contributed by atoms with Gasteiger partial charge in [0.15, 0.2) is 0 Å². The maximum atomic E-state index is 11.7. The highest BCUT2D eigenvalue weighted by atomic mass is 32.2. The summed E-state index contributed by atoms with van der Waals surface area (Å²) in [4.78, 5) is 1.91. The van der Waals surface area contributed by atoms with Crippen molar-refractivity contribution in [3.05, 3.63) is 11.4 Å². The number of hydrogen-bond donors (Lipinski definition) is 2. The summed E-state index contributed by atoms with van der Waals surface area (Å²) in [5.41, 5.74) is 5.94. The van der Waals surface area contributed by atoms with Crippen molar-refractivity contribution in [3.63, 3.8) is 0 Å². The van der Waals surface area contributed by atoms with Gasteiger partial charge in [-0.05, 0) is 20.2 Å². The lowest BCUT2D eigenvalue weighted by Gasteiger charge is -2.09. The number of anilines is 1. The summed E-state index contributed by atoms with van der Waals surface area (Å²) < 4.78 is 26.1. The van der Waals surface area contributed by atoms with Crippen LogP contribution in [0.4, 0.5) is 5.69 Å². The van der Waals surface area contributed by atoms with E-state index < -0.39 is 10.0 Å². The van der Waals surface area contributed by atoms with Gasteiger partial charge in [-0.15, -0.1) is 11.3 Å². The minimum absolute atomic E-state index is 0.263. The second-order valence-corrected chi connectivity index (χ2v) is 6.31. The quantitative estimate of drug-likeness (QED) is 0.780. The van der Waals surface area contributed by atoms with E-state index in [1.807, 2.05) is 19.0 Å². The fraction of sp³-hybridized carbons (Fsp3) is 0.500. The van der Waals surface area contributed by atoms with Crippen molar-refractivity contribution in [1.82, 2.24) is 9.62 Å². The van der Waals surface area contributed by atoms with Crippen molar-refractivity contribution in [2.24, 2.45) is 0 Å². The molecule has 7 heteroatoms. The molecule has 0 unspecified atom stereocenters. The SMILES string of the molecule is CN(C)CCNS(=O)(=O)c1cc(N)cs1. The molecule has 1 aromatic rings. The van der Waals surface area contributed by atoms with Crippen molar-refractivity contribution < 1.29 is 8.42 Å². The minimum atomic E-state index is -3.37. The third-order valence-electron chi connectivity index (χ3n) is 1.71. The van der Waals surface area contributed by atoms with Crippen LogP contribution in [0.15, 0.2) is 15.7 Å². The molecule has 0 aliphatic heterocycles. The molecule has 86 valence electrons. The Bertz CT molecular complexity index is 411. The molecular weight excluding hydrogens is 234 g/mol. The van der Waals surface area contributed by atoms with Crippen LogP contribution < -0.4 is 10.5 Å². The molecule has 0 bridgehead atoms. The number of sulfonamides is 1. The van der Waals surface area contributed by atoms with Gasteiger partial charge in [-0.3, -0.25) is 0 Å². The molecule has 0 amide bonds. The molecule has 0 saturated heterocycles. The standard InChI is InChI=1S/C8H15N3O2S2/c1-11(2)4-3-10-15(12,13)8-5-7(9)6-14-8/h5-6,10H,3-4,9H2,1-2H3. The molecule has 0 atom stereocenters.